The Labute approximate surface area is 141 Å². The monoisotopic (exact) mass is 329 g/mol. The zero-order valence-corrected chi connectivity index (χ0v) is 14.4. The first-order chi connectivity index (χ1) is 10.7. The Morgan fingerprint density at radius 2 is 2.00 bits per heavy atom. The molecule has 4 rings (SSSR count). The number of thioether (sulfide) groups is 1. The van der Waals surface area contributed by atoms with Crippen LogP contribution in [0.15, 0.2) is 65.2 Å². The third-order valence-corrected chi connectivity index (χ3v) is 7.33. The van der Waals surface area contributed by atoms with Gasteiger partial charge in [-0.25, -0.2) is 0 Å². The van der Waals surface area contributed by atoms with E-state index < -0.39 is 0 Å². The van der Waals surface area contributed by atoms with Crippen molar-refractivity contribution in [1.82, 2.24) is 4.42 Å². The van der Waals surface area contributed by atoms with Crippen molar-refractivity contribution >= 4 is 23.5 Å². The van der Waals surface area contributed by atoms with Gasteiger partial charge in [-0.2, -0.15) is 0 Å². The topological polar surface area (TPSA) is 3.24 Å². The Morgan fingerprint density at radius 1 is 1.23 bits per heavy atom. The van der Waals surface area contributed by atoms with E-state index in [-0.39, 0.29) is 5.41 Å². The van der Waals surface area contributed by atoms with Crippen LogP contribution >= 0.6 is 23.5 Å². The minimum Gasteiger partial charge on any atom is -0.285 e. The standard InChI is InChI=1S/C19H20ClNS/c1-13-14(2)22-18-11-12-21(20)17-10-6-9-16(19(13,17)18)15-7-4-3-5-8-15/h3-11,13-14,16H,12H2,1-2H3. The molecule has 1 fully saturated rings. The van der Waals surface area contributed by atoms with E-state index in [1.54, 1.807) is 0 Å². The zero-order valence-electron chi connectivity index (χ0n) is 12.9. The summed E-state index contributed by atoms with van der Waals surface area (Å²) in [7, 11) is 0. The average Bonchev–Trinajstić information content (AvgIpc) is 2.80. The summed E-state index contributed by atoms with van der Waals surface area (Å²) in [5.74, 6) is 0.903. The highest BCUT2D eigenvalue weighted by atomic mass is 35.5. The number of nitrogens with zero attached hydrogens (tertiary/aromatic N) is 1. The van der Waals surface area contributed by atoms with Crippen molar-refractivity contribution in [3.8, 4) is 0 Å². The number of hydrogen-bond donors (Lipinski definition) is 0. The van der Waals surface area contributed by atoms with Crippen molar-refractivity contribution in [2.45, 2.75) is 25.0 Å². The van der Waals surface area contributed by atoms with Gasteiger partial charge >= 0.3 is 0 Å². The first-order valence-corrected chi connectivity index (χ1v) is 9.12. The van der Waals surface area contributed by atoms with Gasteiger partial charge in [0.2, 0.25) is 0 Å². The summed E-state index contributed by atoms with van der Waals surface area (Å²) in [6, 6.07) is 10.9. The van der Waals surface area contributed by atoms with E-state index in [9.17, 15) is 0 Å². The Balaban J connectivity index is 1.95. The minimum absolute atomic E-state index is 0.000185. The van der Waals surface area contributed by atoms with Gasteiger partial charge in [-0.15, -0.1) is 11.8 Å². The van der Waals surface area contributed by atoms with Crippen LogP contribution in [0.5, 0.6) is 0 Å². The summed E-state index contributed by atoms with van der Waals surface area (Å²) in [6.45, 7) is 5.53. The lowest BCUT2D eigenvalue weighted by atomic mass is 9.59. The van der Waals surface area contributed by atoms with Crippen molar-refractivity contribution in [2.24, 2.45) is 11.3 Å². The fraction of sp³-hybridized carbons (Fsp3) is 0.368. The molecule has 0 aromatic heterocycles. The number of benzene rings is 1. The summed E-state index contributed by atoms with van der Waals surface area (Å²) in [4.78, 5) is 1.51. The molecule has 114 valence electrons. The zero-order chi connectivity index (χ0) is 15.3. The van der Waals surface area contributed by atoms with E-state index in [0.717, 1.165) is 6.54 Å². The molecule has 22 heavy (non-hydrogen) atoms. The lowest BCUT2D eigenvalue weighted by molar-refractivity contribution is 0.226. The lowest BCUT2D eigenvalue weighted by Crippen LogP contribution is -2.44. The van der Waals surface area contributed by atoms with Crippen LogP contribution in [0, 0.1) is 11.3 Å². The second kappa shape index (κ2) is 5.21. The third-order valence-electron chi connectivity index (χ3n) is 5.47. The van der Waals surface area contributed by atoms with Crippen LogP contribution in [0.25, 0.3) is 0 Å². The molecule has 0 bridgehead atoms. The van der Waals surface area contributed by atoms with Gasteiger partial charge in [-0.3, -0.25) is 4.42 Å². The smallest absolute Gasteiger partial charge is 0.0561 e. The van der Waals surface area contributed by atoms with E-state index in [0.29, 0.717) is 17.1 Å². The van der Waals surface area contributed by atoms with Crippen LogP contribution in [-0.4, -0.2) is 16.2 Å². The highest BCUT2D eigenvalue weighted by molar-refractivity contribution is 8.04. The molecule has 1 aromatic carbocycles. The molecule has 0 amide bonds. The molecule has 4 unspecified atom stereocenters. The molecule has 3 aliphatic rings. The molecule has 1 saturated heterocycles. The van der Waals surface area contributed by atoms with Gasteiger partial charge in [0.05, 0.1) is 12.0 Å². The summed E-state index contributed by atoms with van der Waals surface area (Å²) in [6.07, 6.45) is 9.09. The van der Waals surface area contributed by atoms with Crippen molar-refractivity contribution < 1.29 is 0 Å². The largest absolute Gasteiger partial charge is 0.285 e. The molecule has 2 heterocycles. The highest BCUT2D eigenvalue weighted by Crippen LogP contribution is 2.67. The number of allylic oxidation sites excluding steroid dienone is 4. The molecule has 1 aliphatic carbocycles. The van der Waals surface area contributed by atoms with Gasteiger partial charge in [0.15, 0.2) is 0 Å². The second-order valence-electron chi connectivity index (χ2n) is 6.42. The summed E-state index contributed by atoms with van der Waals surface area (Å²) < 4.78 is 1.91. The van der Waals surface area contributed by atoms with Crippen LogP contribution in [-0.2, 0) is 0 Å². The molecule has 1 aromatic rings. The molecule has 1 nitrogen and oxygen atoms in total. The second-order valence-corrected chi connectivity index (χ2v) is 8.25. The Morgan fingerprint density at radius 3 is 2.77 bits per heavy atom. The van der Waals surface area contributed by atoms with Crippen molar-refractivity contribution in [1.29, 1.82) is 0 Å². The molecule has 0 radical (unpaired) electrons. The van der Waals surface area contributed by atoms with E-state index in [1.807, 2.05) is 16.2 Å². The van der Waals surface area contributed by atoms with Crippen molar-refractivity contribution in [3.63, 3.8) is 0 Å². The van der Waals surface area contributed by atoms with Gasteiger partial charge in [0.25, 0.3) is 0 Å². The molecule has 3 heteroatoms. The molecule has 0 saturated carbocycles. The first-order valence-electron chi connectivity index (χ1n) is 7.90. The summed E-state index contributed by atoms with van der Waals surface area (Å²) >= 11 is 8.63. The lowest BCUT2D eigenvalue weighted by Gasteiger charge is -2.49. The quantitative estimate of drug-likeness (QED) is 0.640. The van der Waals surface area contributed by atoms with Crippen LogP contribution in [0.2, 0.25) is 0 Å². The number of halogens is 1. The Kier molecular flexibility index (Phi) is 3.43. The van der Waals surface area contributed by atoms with Gasteiger partial charge < -0.3 is 0 Å². The maximum atomic E-state index is 6.59. The van der Waals surface area contributed by atoms with Crippen LogP contribution in [0.3, 0.4) is 0 Å². The molecular weight excluding hydrogens is 310 g/mol. The van der Waals surface area contributed by atoms with Crippen LogP contribution in [0.1, 0.15) is 25.3 Å². The molecular formula is C19H20ClNS. The highest BCUT2D eigenvalue weighted by Gasteiger charge is 2.58. The van der Waals surface area contributed by atoms with Crippen molar-refractivity contribution in [2.75, 3.05) is 6.54 Å². The van der Waals surface area contributed by atoms with E-state index in [4.69, 9.17) is 11.8 Å². The number of hydrogen-bond acceptors (Lipinski definition) is 2. The SMILES string of the molecule is CC1SC2=CCN(Cl)C3=CC=CC(c4ccccc4)C23C1C. The third kappa shape index (κ3) is 1.80. The van der Waals surface area contributed by atoms with Crippen LogP contribution in [0.4, 0.5) is 0 Å². The summed E-state index contributed by atoms with van der Waals surface area (Å²) in [5.41, 5.74) is 2.65. The maximum Gasteiger partial charge on any atom is 0.0561 e. The van der Waals surface area contributed by atoms with Gasteiger partial charge in [-0.1, -0.05) is 62.4 Å². The molecule has 1 spiro atoms. The maximum absolute atomic E-state index is 6.59. The van der Waals surface area contributed by atoms with Gasteiger partial charge in [-0.05, 0) is 22.5 Å². The Bertz CT molecular complexity index is 678. The molecule has 2 aliphatic heterocycles. The fourth-order valence-electron chi connectivity index (χ4n) is 4.29. The Hall–Kier alpha value is -1.12. The summed E-state index contributed by atoms with van der Waals surface area (Å²) in [5, 5.41) is 0.607. The molecule has 4 atom stereocenters. The van der Waals surface area contributed by atoms with Crippen molar-refractivity contribution in [3.05, 3.63) is 70.8 Å². The van der Waals surface area contributed by atoms with Crippen LogP contribution < -0.4 is 0 Å². The average molecular weight is 330 g/mol. The van der Waals surface area contributed by atoms with E-state index in [2.05, 4.69) is 68.5 Å². The number of rotatable bonds is 1. The molecule has 0 N–H and O–H groups in total. The minimum atomic E-state index is 0.000185. The van der Waals surface area contributed by atoms with Gasteiger partial charge in [0, 0.05) is 28.6 Å². The first kappa shape index (κ1) is 14.5. The normalized spacial score (nSPS) is 36.5. The predicted molar refractivity (Wildman–Crippen MR) is 95.7 cm³/mol. The van der Waals surface area contributed by atoms with Gasteiger partial charge in [0.1, 0.15) is 0 Å². The fourth-order valence-corrected chi connectivity index (χ4v) is 6.16. The van der Waals surface area contributed by atoms with E-state index in [1.165, 1.54) is 16.2 Å². The predicted octanol–water partition coefficient (Wildman–Crippen LogP) is 5.34. The van der Waals surface area contributed by atoms with E-state index >= 15 is 0 Å².